The maximum absolute atomic E-state index is 13.5. The van der Waals surface area contributed by atoms with E-state index in [1.54, 1.807) is 23.3 Å². The predicted molar refractivity (Wildman–Crippen MR) is 130 cm³/mol. The first-order valence-corrected chi connectivity index (χ1v) is 12.9. The van der Waals surface area contributed by atoms with Gasteiger partial charge >= 0.3 is 0 Å². The first-order valence-electron chi connectivity index (χ1n) is 12.0. The molecule has 0 N–H and O–H groups in total. The number of thiophene rings is 1. The van der Waals surface area contributed by atoms with Crippen LogP contribution in [0, 0.1) is 5.92 Å². The lowest BCUT2D eigenvalue weighted by atomic mass is 10.00. The molecule has 7 heteroatoms. The number of amides is 2. The number of ether oxygens (including phenoxy) is 2. The van der Waals surface area contributed by atoms with Crippen LogP contribution in [0.1, 0.15) is 55.5 Å². The van der Waals surface area contributed by atoms with Gasteiger partial charge in [-0.1, -0.05) is 31.9 Å². The smallest absolute Gasteiger partial charge is 0.242 e. The zero-order valence-electron chi connectivity index (χ0n) is 19.6. The minimum Gasteiger partial charge on any atom is -0.493 e. The number of benzene rings is 1. The Kier molecular flexibility index (Phi) is 7.91. The molecule has 6 nitrogen and oxygen atoms in total. The van der Waals surface area contributed by atoms with E-state index in [9.17, 15) is 9.59 Å². The fourth-order valence-corrected chi connectivity index (χ4v) is 5.93. The zero-order chi connectivity index (χ0) is 23.2. The molecule has 1 aromatic heterocycles. The molecule has 1 saturated carbocycles. The van der Waals surface area contributed by atoms with Crippen molar-refractivity contribution < 1.29 is 19.1 Å². The normalized spacial score (nSPS) is 18.1. The molecule has 0 radical (unpaired) electrons. The SMILES string of the molecule is CCCN(CC(=O)N1CCc2sccc2[C@@H]1COc1ccccc1OC)C(=O)C1CCCC1. The standard InChI is InChI=1S/C26H34N2O4S/c1-3-14-27(26(30)19-8-4-5-9-19)17-25(29)28-15-12-24-20(13-16-33-24)21(28)18-32-23-11-7-6-10-22(23)31-2/h6-7,10-11,13,16,19,21H,3-5,8-9,12,14-15,17-18H2,1-2H3/t21-/m0/s1. The van der Waals surface area contributed by atoms with Gasteiger partial charge in [-0.2, -0.15) is 0 Å². The number of hydrogen-bond donors (Lipinski definition) is 0. The molecule has 1 aromatic carbocycles. The maximum Gasteiger partial charge on any atom is 0.242 e. The molecular formula is C26H34N2O4S. The van der Waals surface area contributed by atoms with Crippen molar-refractivity contribution in [2.24, 2.45) is 5.92 Å². The Morgan fingerprint density at radius 2 is 1.91 bits per heavy atom. The summed E-state index contributed by atoms with van der Waals surface area (Å²) in [5.74, 6) is 1.57. The number of hydrogen-bond acceptors (Lipinski definition) is 5. The van der Waals surface area contributed by atoms with Crippen LogP contribution >= 0.6 is 11.3 Å². The van der Waals surface area contributed by atoms with Crippen LogP contribution in [0.2, 0.25) is 0 Å². The Hall–Kier alpha value is -2.54. The van der Waals surface area contributed by atoms with Crippen molar-refractivity contribution in [1.82, 2.24) is 9.80 Å². The van der Waals surface area contributed by atoms with Crippen molar-refractivity contribution in [3.63, 3.8) is 0 Å². The van der Waals surface area contributed by atoms with Crippen LogP contribution in [-0.4, -0.2) is 55.0 Å². The molecule has 1 atom stereocenters. The molecule has 1 fully saturated rings. The lowest BCUT2D eigenvalue weighted by Crippen LogP contribution is -2.48. The summed E-state index contributed by atoms with van der Waals surface area (Å²) in [4.78, 5) is 31.6. The average Bonchev–Trinajstić information content (AvgIpc) is 3.54. The Morgan fingerprint density at radius 3 is 2.64 bits per heavy atom. The summed E-state index contributed by atoms with van der Waals surface area (Å²) in [5.41, 5.74) is 1.15. The van der Waals surface area contributed by atoms with Crippen LogP contribution in [0.15, 0.2) is 35.7 Å². The number of nitrogens with zero attached hydrogens (tertiary/aromatic N) is 2. The highest BCUT2D eigenvalue weighted by molar-refractivity contribution is 7.10. The summed E-state index contributed by atoms with van der Waals surface area (Å²) in [7, 11) is 1.62. The van der Waals surface area contributed by atoms with Crippen molar-refractivity contribution in [2.75, 3.05) is 33.4 Å². The number of fused-ring (bicyclic) bond motifs is 1. The van der Waals surface area contributed by atoms with E-state index < -0.39 is 0 Å². The van der Waals surface area contributed by atoms with Gasteiger partial charge in [0.2, 0.25) is 11.8 Å². The van der Waals surface area contributed by atoms with Crippen LogP contribution < -0.4 is 9.47 Å². The molecule has 0 unspecified atom stereocenters. The van der Waals surface area contributed by atoms with E-state index >= 15 is 0 Å². The van der Waals surface area contributed by atoms with Gasteiger partial charge in [-0.3, -0.25) is 9.59 Å². The lowest BCUT2D eigenvalue weighted by molar-refractivity contribution is -0.144. The third-order valence-electron chi connectivity index (χ3n) is 6.72. The highest BCUT2D eigenvalue weighted by Crippen LogP contribution is 2.35. The van der Waals surface area contributed by atoms with Gasteiger partial charge in [-0.25, -0.2) is 0 Å². The third kappa shape index (κ3) is 5.35. The molecule has 0 bridgehead atoms. The monoisotopic (exact) mass is 470 g/mol. The van der Waals surface area contributed by atoms with E-state index in [0.29, 0.717) is 31.2 Å². The third-order valence-corrected chi connectivity index (χ3v) is 7.71. The van der Waals surface area contributed by atoms with Gasteiger partial charge in [0.25, 0.3) is 0 Å². The summed E-state index contributed by atoms with van der Waals surface area (Å²) < 4.78 is 11.6. The van der Waals surface area contributed by atoms with Gasteiger partial charge in [0, 0.05) is 23.9 Å². The molecule has 0 spiro atoms. The van der Waals surface area contributed by atoms with Crippen molar-refractivity contribution in [1.29, 1.82) is 0 Å². The largest absolute Gasteiger partial charge is 0.493 e. The number of para-hydroxylation sites is 2. The molecule has 0 saturated heterocycles. The Labute approximate surface area is 200 Å². The van der Waals surface area contributed by atoms with Gasteiger partial charge in [-0.05, 0) is 54.8 Å². The second-order valence-corrected chi connectivity index (χ2v) is 9.86. The van der Waals surface area contributed by atoms with Gasteiger partial charge in [-0.15, -0.1) is 11.3 Å². The first-order chi connectivity index (χ1) is 16.1. The zero-order valence-corrected chi connectivity index (χ0v) is 20.4. The van der Waals surface area contributed by atoms with Crippen LogP contribution in [0.4, 0.5) is 0 Å². The first kappa shape index (κ1) is 23.6. The van der Waals surface area contributed by atoms with Crippen LogP contribution in [0.3, 0.4) is 0 Å². The molecule has 2 aliphatic rings. The second-order valence-electron chi connectivity index (χ2n) is 8.86. The van der Waals surface area contributed by atoms with Crippen molar-refractivity contribution >= 4 is 23.2 Å². The predicted octanol–water partition coefficient (Wildman–Crippen LogP) is 4.69. The molecular weight excluding hydrogens is 436 g/mol. The Balaban J connectivity index is 1.50. The molecule has 178 valence electrons. The second kappa shape index (κ2) is 11.1. The summed E-state index contributed by atoms with van der Waals surface area (Å²) in [6.45, 7) is 3.82. The van der Waals surface area contributed by atoms with Crippen LogP contribution in [0.5, 0.6) is 11.5 Å². The van der Waals surface area contributed by atoms with Crippen LogP contribution in [0.25, 0.3) is 0 Å². The van der Waals surface area contributed by atoms with E-state index in [0.717, 1.165) is 44.1 Å². The Bertz CT molecular complexity index is 953. The maximum atomic E-state index is 13.5. The Morgan fingerprint density at radius 1 is 1.15 bits per heavy atom. The fraction of sp³-hybridized carbons (Fsp3) is 0.538. The molecule has 2 heterocycles. The molecule has 2 aromatic rings. The topological polar surface area (TPSA) is 59.1 Å². The van der Waals surface area contributed by atoms with Gasteiger partial charge in [0.1, 0.15) is 6.61 Å². The summed E-state index contributed by atoms with van der Waals surface area (Å²) in [6.07, 6.45) is 5.81. The van der Waals surface area contributed by atoms with Crippen molar-refractivity contribution in [3.05, 3.63) is 46.2 Å². The van der Waals surface area contributed by atoms with Crippen molar-refractivity contribution in [2.45, 2.75) is 51.5 Å². The molecule has 1 aliphatic heterocycles. The molecule has 33 heavy (non-hydrogen) atoms. The number of carbonyl (C=O) groups excluding carboxylic acids is 2. The van der Waals surface area contributed by atoms with E-state index in [1.807, 2.05) is 29.2 Å². The lowest BCUT2D eigenvalue weighted by Gasteiger charge is -2.37. The minimum absolute atomic E-state index is 0.000253. The highest BCUT2D eigenvalue weighted by atomic mass is 32.1. The summed E-state index contributed by atoms with van der Waals surface area (Å²) >= 11 is 1.73. The highest BCUT2D eigenvalue weighted by Gasteiger charge is 2.35. The van der Waals surface area contributed by atoms with Gasteiger partial charge in [0.15, 0.2) is 11.5 Å². The molecule has 1 aliphatic carbocycles. The molecule has 2 amide bonds. The van der Waals surface area contributed by atoms with E-state index in [1.165, 1.54) is 4.88 Å². The van der Waals surface area contributed by atoms with E-state index in [2.05, 4.69) is 18.4 Å². The number of carbonyl (C=O) groups is 2. The van der Waals surface area contributed by atoms with Crippen molar-refractivity contribution in [3.8, 4) is 11.5 Å². The fourth-order valence-electron chi connectivity index (χ4n) is 5.00. The van der Waals surface area contributed by atoms with Gasteiger partial charge in [0.05, 0.1) is 19.7 Å². The number of rotatable bonds is 9. The summed E-state index contributed by atoms with van der Waals surface area (Å²) in [6, 6.07) is 9.49. The van der Waals surface area contributed by atoms with Gasteiger partial charge < -0.3 is 19.3 Å². The van der Waals surface area contributed by atoms with E-state index in [-0.39, 0.29) is 30.3 Å². The molecule has 4 rings (SSSR count). The quantitative estimate of drug-likeness (QED) is 0.534. The minimum atomic E-state index is -0.178. The summed E-state index contributed by atoms with van der Waals surface area (Å²) in [5, 5.41) is 2.09. The van der Waals surface area contributed by atoms with E-state index in [4.69, 9.17) is 9.47 Å². The van der Waals surface area contributed by atoms with Crippen LogP contribution in [-0.2, 0) is 16.0 Å². The average molecular weight is 471 g/mol. The number of methoxy groups -OCH3 is 1.